The molecule has 0 fully saturated rings. The maximum absolute atomic E-state index is 11.5. The van der Waals surface area contributed by atoms with Crippen LogP contribution in [0.1, 0.15) is 23.0 Å². The van der Waals surface area contributed by atoms with E-state index in [0.717, 1.165) is 22.9 Å². The molecular weight excluding hydrogens is 286 g/mol. The number of benzene rings is 2. The summed E-state index contributed by atoms with van der Waals surface area (Å²) in [6, 6.07) is 13.2. The van der Waals surface area contributed by atoms with Crippen molar-refractivity contribution < 1.29 is 9.90 Å². The Bertz CT molecular complexity index is 819. The van der Waals surface area contributed by atoms with Gasteiger partial charge in [0.1, 0.15) is 5.69 Å². The van der Waals surface area contributed by atoms with Gasteiger partial charge in [-0.2, -0.15) is 0 Å². The number of carboxylic acids is 1. The molecule has 3 nitrogen and oxygen atoms in total. The van der Waals surface area contributed by atoms with Crippen LogP contribution in [0.5, 0.6) is 0 Å². The topological polar surface area (TPSA) is 53.1 Å². The molecule has 0 unspecified atom stereocenters. The third kappa shape index (κ3) is 2.41. The molecule has 3 rings (SSSR count). The molecule has 2 aromatic carbocycles. The van der Waals surface area contributed by atoms with E-state index in [4.69, 9.17) is 11.6 Å². The van der Waals surface area contributed by atoms with Gasteiger partial charge in [-0.3, -0.25) is 0 Å². The average Bonchev–Trinajstić information content (AvgIpc) is 2.86. The van der Waals surface area contributed by atoms with E-state index >= 15 is 0 Å². The van der Waals surface area contributed by atoms with Crippen LogP contribution in [0.3, 0.4) is 0 Å². The number of hydrogen-bond donors (Lipinski definition) is 2. The lowest BCUT2D eigenvalue weighted by molar-refractivity contribution is 0.0692. The molecule has 0 saturated carbocycles. The molecule has 0 aliphatic rings. The first-order chi connectivity index (χ1) is 10.1. The minimum Gasteiger partial charge on any atom is -0.477 e. The Hall–Kier alpha value is -2.26. The minimum absolute atomic E-state index is 0.209. The molecule has 0 aliphatic carbocycles. The summed E-state index contributed by atoms with van der Waals surface area (Å²) in [6.45, 7) is 2.08. The Kier molecular flexibility index (Phi) is 3.43. The van der Waals surface area contributed by atoms with Crippen LogP contribution in [0.4, 0.5) is 0 Å². The van der Waals surface area contributed by atoms with E-state index in [1.54, 1.807) is 12.1 Å². The van der Waals surface area contributed by atoms with Crippen LogP contribution >= 0.6 is 11.6 Å². The number of hydrogen-bond acceptors (Lipinski definition) is 1. The van der Waals surface area contributed by atoms with E-state index in [0.29, 0.717) is 10.6 Å². The highest BCUT2D eigenvalue weighted by Gasteiger charge is 2.18. The van der Waals surface area contributed by atoms with Gasteiger partial charge in [-0.05, 0) is 41.8 Å². The number of H-pyrrole nitrogens is 1. The summed E-state index contributed by atoms with van der Waals surface area (Å²) in [5.74, 6) is -0.964. The molecule has 1 heterocycles. The first-order valence-electron chi connectivity index (χ1n) is 6.74. The molecule has 0 spiro atoms. The fraction of sp³-hybridized carbons (Fsp3) is 0.118. The van der Waals surface area contributed by atoms with E-state index < -0.39 is 5.97 Å². The number of aromatic nitrogens is 1. The summed E-state index contributed by atoms with van der Waals surface area (Å²) in [5.41, 5.74) is 3.77. The van der Waals surface area contributed by atoms with Crippen molar-refractivity contribution in [3.05, 3.63) is 58.7 Å². The predicted molar refractivity (Wildman–Crippen MR) is 85.1 cm³/mol. The van der Waals surface area contributed by atoms with Gasteiger partial charge >= 0.3 is 5.97 Å². The first-order valence-corrected chi connectivity index (χ1v) is 7.11. The lowest BCUT2D eigenvalue weighted by Gasteiger charge is -2.03. The molecule has 0 bridgehead atoms. The molecule has 0 radical (unpaired) electrons. The summed E-state index contributed by atoms with van der Waals surface area (Å²) < 4.78 is 0. The zero-order valence-corrected chi connectivity index (χ0v) is 12.2. The summed E-state index contributed by atoms with van der Waals surface area (Å²) in [5, 5.41) is 11.0. The number of aromatic amines is 1. The Balaban J connectivity index is 2.33. The van der Waals surface area contributed by atoms with Crippen molar-refractivity contribution in [2.75, 3.05) is 0 Å². The minimum atomic E-state index is -0.964. The first kappa shape index (κ1) is 13.7. The standard InChI is InChI=1S/C17H14ClNO2/c1-2-10-3-8-14-13(9-10)15(16(19-14)17(20)21)11-4-6-12(18)7-5-11/h3-9,19H,2H2,1H3,(H,20,21). The van der Waals surface area contributed by atoms with Gasteiger partial charge in [0.05, 0.1) is 0 Å². The van der Waals surface area contributed by atoms with Gasteiger partial charge in [0, 0.05) is 21.5 Å². The molecule has 0 atom stereocenters. The van der Waals surface area contributed by atoms with E-state index in [-0.39, 0.29) is 5.69 Å². The van der Waals surface area contributed by atoms with Crippen molar-refractivity contribution in [3.63, 3.8) is 0 Å². The predicted octanol–water partition coefficient (Wildman–Crippen LogP) is 4.75. The van der Waals surface area contributed by atoms with Gasteiger partial charge in [-0.1, -0.05) is 36.7 Å². The van der Waals surface area contributed by atoms with Crippen molar-refractivity contribution in [3.8, 4) is 11.1 Å². The lowest BCUT2D eigenvalue weighted by atomic mass is 10.00. The van der Waals surface area contributed by atoms with E-state index in [2.05, 4.69) is 11.9 Å². The second-order valence-corrected chi connectivity index (χ2v) is 5.36. The van der Waals surface area contributed by atoms with Gasteiger partial charge in [-0.25, -0.2) is 4.79 Å². The summed E-state index contributed by atoms with van der Waals surface area (Å²) in [4.78, 5) is 14.5. The molecule has 2 N–H and O–H groups in total. The smallest absolute Gasteiger partial charge is 0.352 e. The van der Waals surface area contributed by atoms with Gasteiger partial charge in [0.15, 0.2) is 0 Å². The van der Waals surface area contributed by atoms with Crippen LogP contribution in [-0.4, -0.2) is 16.1 Å². The Morgan fingerprint density at radius 1 is 1.19 bits per heavy atom. The summed E-state index contributed by atoms with van der Waals surface area (Å²) in [6.07, 6.45) is 0.906. The zero-order chi connectivity index (χ0) is 15.0. The quantitative estimate of drug-likeness (QED) is 0.733. The lowest BCUT2D eigenvalue weighted by Crippen LogP contribution is -1.98. The van der Waals surface area contributed by atoms with Crippen molar-refractivity contribution in [1.82, 2.24) is 4.98 Å². The van der Waals surface area contributed by atoms with Crippen LogP contribution in [0, 0.1) is 0 Å². The molecule has 106 valence electrons. The van der Waals surface area contributed by atoms with Crippen LogP contribution < -0.4 is 0 Å². The molecule has 4 heteroatoms. The van der Waals surface area contributed by atoms with Gasteiger partial charge in [-0.15, -0.1) is 0 Å². The number of aromatic carboxylic acids is 1. The molecular formula is C17H14ClNO2. The van der Waals surface area contributed by atoms with Crippen LogP contribution in [-0.2, 0) is 6.42 Å². The summed E-state index contributed by atoms with van der Waals surface area (Å²) in [7, 11) is 0. The molecule has 0 aliphatic heterocycles. The van der Waals surface area contributed by atoms with Gasteiger partial charge < -0.3 is 10.1 Å². The number of halogens is 1. The maximum atomic E-state index is 11.5. The van der Waals surface area contributed by atoms with Crippen molar-refractivity contribution >= 4 is 28.5 Å². The van der Waals surface area contributed by atoms with Crippen LogP contribution in [0.2, 0.25) is 5.02 Å². The van der Waals surface area contributed by atoms with E-state index in [1.807, 2.05) is 30.3 Å². The van der Waals surface area contributed by atoms with Crippen molar-refractivity contribution in [1.29, 1.82) is 0 Å². The number of rotatable bonds is 3. The number of carbonyl (C=O) groups is 1. The second-order valence-electron chi connectivity index (χ2n) is 4.92. The molecule has 1 aromatic heterocycles. The van der Waals surface area contributed by atoms with E-state index in [9.17, 15) is 9.90 Å². The fourth-order valence-corrected chi connectivity index (χ4v) is 2.66. The third-order valence-corrected chi connectivity index (χ3v) is 3.87. The SMILES string of the molecule is CCc1ccc2[nH]c(C(=O)O)c(-c3ccc(Cl)cc3)c2c1. The number of carboxylic acid groups (broad SMARTS) is 1. The monoisotopic (exact) mass is 299 g/mol. The van der Waals surface area contributed by atoms with Crippen LogP contribution in [0.15, 0.2) is 42.5 Å². The largest absolute Gasteiger partial charge is 0.477 e. The van der Waals surface area contributed by atoms with Gasteiger partial charge in [0.2, 0.25) is 0 Å². The molecule has 0 saturated heterocycles. The molecule has 21 heavy (non-hydrogen) atoms. The Morgan fingerprint density at radius 2 is 1.90 bits per heavy atom. The second kappa shape index (κ2) is 5.26. The molecule has 0 amide bonds. The highest BCUT2D eigenvalue weighted by molar-refractivity contribution is 6.30. The van der Waals surface area contributed by atoms with Crippen molar-refractivity contribution in [2.24, 2.45) is 0 Å². The van der Waals surface area contributed by atoms with Crippen molar-refractivity contribution in [2.45, 2.75) is 13.3 Å². The summed E-state index contributed by atoms with van der Waals surface area (Å²) >= 11 is 5.92. The highest BCUT2D eigenvalue weighted by Crippen LogP contribution is 2.33. The third-order valence-electron chi connectivity index (χ3n) is 3.62. The van der Waals surface area contributed by atoms with E-state index in [1.165, 1.54) is 5.56 Å². The maximum Gasteiger partial charge on any atom is 0.352 e. The number of fused-ring (bicyclic) bond motifs is 1. The average molecular weight is 300 g/mol. The Morgan fingerprint density at radius 3 is 2.52 bits per heavy atom. The zero-order valence-electron chi connectivity index (χ0n) is 11.5. The Labute approximate surface area is 127 Å². The normalized spacial score (nSPS) is 11.0. The number of aryl methyl sites for hydroxylation is 1. The van der Waals surface area contributed by atoms with Gasteiger partial charge in [0.25, 0.3) is 0 Å². The van der Waals surface area contributed by atoms with Crippen LogP contribution in [0.25, 0.3) is 22.0 Å². The highest BCUT2D eigenvalue weighted by atomic mass is 35.5. The fourth-order valence-electron chi connectivity index (χ4n) is 2.54. The molecule has 3 aromatic rings. The number of nitrogens with one attached hydrogen (secondary N) is 1.